The monoisotopic (exact) mass is 285 g/mol. The highest BCUT2D eigenvalue weighted by atomic mass is 16.5. The summed E-state index contributed by atoms with van der Waals surface area (Å²) in [6, 6.07) is 8.04. The van der Waals surface area contributed by atoms with E-state index in [0.717, 1.165) is 5.69 Å². The van der Waals surface area contributed by atoms with Crippen molar-refractivity contribution >= 4 is 17.6 Å². The third-order valence-electron chi connectivity index (χ3n) is 2.76. The Morgan fingerprint density at radius 2 is 1.76 bits per heavy atom. The van der Waals surface area contributed by atoms with Crippen LogP contribution in [-0.4, -0.2) is 29.0 Å². The zero-order chi connectivity index (χ0) is 15.4. The molecule has 1 heterocycles. The van der Waals surface area contributed by atoms with Crippen molar-refractivity contribution in [2.75, 3.05) is 12.4 Å². The fourth-order valence-electron chi connectivity index (χ4n) is 1.84. The maximum atomic E-state index is 12.1. The van der Waals surface area contributed by atoms with Gasteiger partial charge in [0.05, 0.1) is 12.7 Å². The first-order chi connectivity index (χ1) is 9.99. The minimum Gasteiger partial charge on any atom is -0.465 e. The summed E-state index contributed by atoms with van der Waals surface area (Å²) in [5, 5.41) is 2.72. The van der Waals surface area contributed by atoms with Crippen molar-refractivity contribution in [2.24, 2.45) is 0 Å². The molecule has 1 aromatic carbocycles. The highest BCUT2D eigenvalue weighted by molar-refractivity contribution is 6.03. The van der Waals surface area contributed by atoms with E-state index < -0.39 is 5.97 Å². The SMILES string of the molecule is COC(=O)c1ccc(NC(=O)c2cc(C)nc(C)n2)cc1. The van der Waals surface area contributed by atoms with Crippen molar-refractivity contribution in [3.05, 3.63) is 53.1 Å². The number of amides is 1. The van der Waals surface area contributed by atoms with Gasteiger partial charge < -0.3 is 10.1 Å². The number of esters is 1. The minimum atomic E-state index is -0.421. The number of aromatic nitrogens is 2. The number of nitrogens with one attached hydrogen (secondary N) is 1. The summed E-state index contributed by atoms with van der Waals surface area (Å²) in [7, 11) is 1.32. The Balaban J connectivity index is 2.14. The molecule has 0 fully saturated rings. The van der Waals surface area contributed by atoms with Gasteiger partial charge in [0.25, 0.3) is 5.91 Å². The van der Waals surface area contributed by atoms with Crippen molar-refractivity contribution in [2.45, 2.75) is 13.8 Å². The van der Waals surface area contributed by atoms with Crippen LogP contribution in [0.3, 0.4) is 0 Å². The lowest BCUT2D eigenvalue weighted by molar-refractivity contribution is 0.0600. The van der Waals surface area contributed by atoms with Gasteiger partial charge in [-0.25, -0.2) is 14.8 Å². The van der Waals surface area contributed by atoms with Gasteiger partial charge in [-0.1, -0.05) is 0 Å². The number of nitrogens with zero attached hydrogens (tertiary/aromatic N) is 2. The second-order valence-electron chi connectivity index (χ2n) is 4.46. The molecular formula is C15H15N3O3. The van der Waals surface area contributed by atoms with Gasteiger partial charge in [-0.05, 0) is 44.2 Å². The van der Waals surface area contributed by atoms with Crippen molar-refractivity contribution in [1.82, 2.24) is 9.97 Å². The van der Waals surface area contributed by atoms with E-state index in [0.29, 0.717) is 22.8 Å². The molecule has 6 heteroatoms. The van der Waals surface area contributed by atoms with E-state index >= 15 is 0 Å². The lowest BCUT2D eigenvalue weighted by Crippen LogP contribution is -2.15. The summed E-state index contributed by atoms with van der Waals surface area (Å²) in [6.45, 7) is 3.53. The Morgan fingerprint density at radius 3 is 2.33 bits per heavy atom. The highest BCUT2D eigenvalue weighted by Gasteiger charge is 2.10. The molecule has 21 heavy (non-hydrogen) atoms. The van der Waals surface area contributed by atoms with Crippen molar-refractivity contribution in [1.29, 1.82) is 0 Å². The molecule has 6 nitrogen and oxygen atoms in total. The number of benzene rings is 1. The Bertz CT molecular complexity index is 661. The number of carbonyl (C=O) groups excluding carboxylic acids is 2. The maximum Gasteiger partial charge on any atom is 0.337 e. The Labute approximate surface area is 122 Å². The number of anilines is 1. The molecule has 1 aromatic heterocycles. The van der Waals surface area contributed by atoms with Crippen LogP contribution in [0.25, 0.3) is 0 Å². The number of methoxy groups -OCH3 is 1. The molecule has 0 saturated heterocycles. The number of rotatable bonds is 3. The molecule has 1 amide bonds. The van der Waals surface area contributed by atoms with Crippen molar-refractivity contribution in [3.63, 3.8) is 0 Å². The minimum absolute atomic E-state index is 0.303. The van der Waals surface area contributed by atoms with E-state index in [1.807, 2.05) is 0 Å². The fourth-order valence-corrected chi connectivity index (χ4v) is 1.84. The molecule has 0 aliphatic heterocycles. The standard InChI is InChI=1S/C15H15N3O3/c1-9-8-13(17-10(2)16-9)14(19)18-12-6-4-11(5-7-12)15(20)21-3/h4-8H,1-3H3,(H,18,19). The van der Waals surface area contributed by atoms with E-state index in [-0.39, 0.29) is 5.91 Å². The molecule has 0 aliphatic rings. The number of hydrogen-bond acceptors (Lipinski definition) is 5. The van der Waals surface area contributed by atoms with Crippen LogP contribution in [0.5, 0.6) is 0 Å². The third kappa shape index (κ3) is 3.62. The summed E-state index contributed by atoms with van der Waals surface area (Å²) in [5.74, 6) is -0.203. The van der Waals surface area contributed by atoms with Gasteiger partial charge >= 0.3 is 5.97 Å². The first-order valence-corrected chi connectivity index (χ1v) is 6.31. The normalized spacial score (nSPS) is 10.0. The van der Waals surface area contributed by atoms with Crippen LogP contribution >= 0.6 is 0 Å². The van der Waals surface area contributed by atoms with Crippen LogP contribution < -0.4 is 5.32 Å². The molecule has 0 radical (unpaired) electrons. The Kier molecular flexibility index (Phi) is 4.27. The van der Waals surface area contributed by atoms with Crippen molar-refractivity contribution in [3.8, 4) is 0 Å². The predicted octanol–water partition coefficient (Wildman–Crippen LogP) is 2.13. The fraction of sp³-hybridized carbons (Fsp3) is 0.200. The summed E-state index contributed by atoms with van der Waals surface area (Å²) >= 11 is 0. The van der Waals surface area contributed by atoms with E-state index in [4.69, 9.17) is 0 Å². The van der Waals surface area contributed by atoms with E-state index in [9.17, 15) is 9.59 Å². The zero-order valence-corrected chi connectivity index (χ0v) is 12.0. The molecule has 0 spiro atoms. The van der Waals surface area contributed by atoms with E-state index in [2.05, 4.69) is 20.0 Å². The maximum absolute atomic E-state index is 12.1. The molecule has 0 aliphatic carbocycles. The molecule has 1 N–H and O–H groups in total. The molecule has 2 rings (SSSR count). The van der Waals surface area contributed by atoms with Crippen LogP contribution in [0, 0.1) is 13.8 Å². The summed E-state index contributed by atoms with van der Waals surface area (Å²) in [4.78, 5) is 31.6. The predicted molar refractivity (Wildman–Crippen MR) is 77.2 cm³/mol. The first kappa shape index (κ1) is 14.6. The Morgan fingerprint density at radius 1 is 1.10 bits per heavy atom. The number of hydrogen-bond donors (Lipinski definition) is 1. The number of aryl methyl sites for hydroxylation is 2. The van der Waals surface area contributed by atoms with Gasteiger partial charge in [0, 0.05) is 11.4 Å². The number of carbonyl (C=O) groups is 2. The zero-order valence-electron chi connectivity index (χ0n) is 12.0. The first-order valence-electron chi connectivity index (χ1n) is 6.31. The molecular weight excluding hydrogens is 270 g/mol. The largest absolute Gasteiger partial charge is 0.465 e. The summed E-state index contributed by atoms with van der Waals surface area (Å²) in [6.07, 6.45) is 0. The van der Waals surface area contributed by atoms with Crippen LogP contribution in [0.4, 0.5) is 5.69 Å². The average Bonchev–Trinajstić information content (AvgIpc) is 2.46. The van der Waals surface area contributed by atoms with Gasteiger partial charge in [-0.2, -0.15) is 0 Å². The van der Waals surface area contributed by atoms with Gasteiger partial charge in [-0.15, -0.1) is 0 Å². The molecule has 2 aromatic rings. The van der Waals surface area contributed by atoms with Gasteiger partial charge in [0.2, 0.25) is 0 Å². The van der Waals surface area contributed by atoms with Crippen LogP contribution in [-0.2, 0) is 4.74 Å². The van der Waals surface area contributed by atoms with Crippen LogP contribution in [0.1, 0.15) is 32.4 Å². The second-order valence-corrected chi connectivity index (χ2v) is 4.46. The summed E-state index contributed by atoms with van der Waals surface area (Å²) in [5.41, 5.74) is 2.02. The molecule has 0 bridgehead atoms. The van der Waals surface area contributed by atoms with Gasteiger partial charge in [0.15, 0.2) is 0 Å². The summed E-state index contributed by atoms with van der Waals surface area (Å²) < 4.78 is 4.61. The highest BCUT2D eigenvalue weighted by Crippen LogP contribution is 2.12. The van der Waals surface area contributed by atoms with E-state index in [1.54, 1.807) is 44.2 Å². The molecule has 0 atom stereocenters. The van der Waals surface area contributed by atoms with Gasteiger partial charge in [-0.3, -0.25) is 4.79 Å². The van der Waals surface area contributed by atoms with Crippen LogP contribution in [0.2, 0.25) is 0 Å². The lowest BCUT2D eigenvalue weighted by Gasteiger charge is -2.06. The Hall–Kier alpha value is -2.76. The molecule has 108 valence electrons. The number of ether oxygens (including phenoxy) is 1. The second kappa shape index (κ2) is 6.13. The molecule has 0 unspecified atom stereocenters. The van der Waals surface area contributed by atoms with E-state index in [1.165, 1.54) is 7.11 Å². The quantitative estimate of drug-likeness (QED) is 0.874. The van der Waals surface area contributed by atoms with Crippen molar-refractivity contribution < 1.29 is 14.3 Å². The van der Waals surface area contributed by atoms with Gasteiger partial charge in [0.1, 0.15) is 11.5 Å². The average molecular weight is 285 g/mol. The third-order valence-corrected chi connectivity index (χ3v) is 2.76. The lowest BCUT2D eigenvalue weighted by atomic mass is 10.2. The molecule has 0 saturated carbocycles. The van der Waals surface area contributed by atoms with Crippen LogP contribution in [0.15, 0.2) is 30.3 Å². The topological polar surface area (TPSA) is 81.2 Å². The smallest absolute Gasteiger partial charge is 0.337 e.